The third-order valence-corrected chi connectivity index (χ3v) is 13.2. The Hall–Kier alpha value is -1.89. The van der Waals surface area contributed by atoms with Gasteiger partial charge in [-0.05, 0) is 40.4 Å². The highest BCUT2D eigenvalue weighted by molar-refractivity contribution is 6.77. The third kappa shape index (κ3) is 5.44. The van der Waals surface area contributed by atoms with Gasteiger partial charge in [-0.1, -0.05) is 59.2 Å². The first kappa shape index (κ1) is 25.7. The van der Waals surface area contributed by atoms with E-state index < -0.39 is 14.1 Å². The van der Waals surface area contributed by atoms with Crippen molar-refractivity contribution in [3.05, 3.63) is 58.0 Å². The van der Waals surface area contributed by atoms with E-state index >= 15 is 0 Å². The molecule has 0 bridgehead atoms. The zero-order valence-electron chi connectivity index (χ0n) is 20.4. The van der Waals surface area contributed by atoms with E-state index in [-0.39, 0.29) is 17.2 Å². The molecule has 0 atom stereocenters. The second-order valence-corrected chi connectivity index (χ2v) is 15.6. The average Bonchev–Trinajstić information content (AvgIpc) is 3.15. The van der Waals surface area contributed by atoms with Gasteiger partial charge in [-0.3, -0.25) is 4.79 Å². The lowest BCUT2D eigenvalue weighted by Crippen LogP contribution is -2.48. The topological polar surface area (TPSA) is 51.6 Å². The van der Waals surface area contributed by atoms with Crippen molar-refractivity contribution < 1.29 is 13.6 Å². The second kappa shape index (κ2) is 10.6. The maximum atomic E-state index is 13.4. The number of rotatable bonds is 10. The lowest BCUT2D eigenvalue weighted by atomic mass is 9.97. The molecule has 0 amide bonds. The molecule has 0 saturated heterocycles. The van der Waals surface area contributed by atoms with Gasteiger partial charge in [0.25, 0.3) is 0 Å². The molecule has 1 aliphatic heterocycles. The molecule has 2 aromatic rings. The van der Waals surface area contributed by atoms with Gasteiger partial charge in [-0.25, -0.2) is 14.4 Å². The van der Waals surface area contributed by atoms with Crippen LogP contribution < -0.4 is 0 Å². The van der Waals surface area contributed by atoms with Crippen molar-refractivity contribution in [1.29, 1.82) is 0 Å². The molecule has 3 rings (SSSR count). The van der Waals surface area contributed by atoms with E-state index in [0.29, 0.717) is 46.6 Å². The molecular weight excluding hydrogens is 455 g/mol. The van der Waals surface area contributed by atoms with Crippen molar-refractivity contribution >= 4 is 37.2 Å². The van der Waals surface area contributed by atoms with E-state index in [4.69, 9.17) is 21.0 Å². The fourth-order valence-corrected chi connectivity index (χ4v) is 11.0. The molecular formula is C26H34ClFN2O2Si. The molecule has 7 heteroatoms. The van der Waals surface area contributed by atoms with Crippen molar-refractivity contribution in [3.63, 3.8) is 0 Å². The summed E-state index contributed by atoms with van der Waals surface area (Å²) in [7, 11) is -1.92. The van der Waals surface area contributed by atoms with E-state index in [0.717, 1.165) is 17.7 Å². The fraction of sp³-hybridized carbons (Fsp3) is 0.500. The van der Waals surface area contributed by atoms with E-state index in [9.17, 15) is 9.18 Å². The number of carbonyl (C=O) groups is 1. The van der Waals surface area contributed by atoms with Crippen LogP contribution in [0.15, 0.2) is 35.5 Å². The number of aliphatic imine (C=N–C) groups is 1. The molecule has 0 saturated carbocycles. The monoisotopic (exact) mass is 488 g/mol. The highest BCUT2D eigenvalue weighted by Crippen LogP contribution is 2.42. The summed E-state index contributed by atoms with van der Waals surface area (Å²) in [5.74, 6) is 0.0837. The quantitative estimate of drug-likeness (QED) is 0.257. The zero-order valence-corrected chi connectivity index (χ0v) is 22.2. The van der Waals surface area contributed by atoms with Crippen LogP contribution in [0.3, 0.4) is 0 Å². The number of hydrogen-bond acceptors (Lipinski definition) is 4. The van der Waals surface area contributed by atoms with Crippen LogP contribution in [0.4, 0.5) is 10.2 Å². The molecule has 0 spiro atoms. The minimum atomic E-state index is -1.92. The first-order valence-electron chi connectivity index (χ1n) is 11.7. The summed E-state index contributed by atoms with van der Waals surface area (Å²) in [6.07, 6.45) is 3.12. The Morgan fingerprint density at radius 3 is 2.39 bits per heavy atom. The molecule has 1 aliphatic rings. The van der Waals surface area contributed by atoms with Crippen LogP contribution in [-0.2, 0) is 17.3 Å². The van der Waals surface area contributed by atoms with Crippen LogP contribution in [0.2, 0.25) is 21.6 Å². The van der Waals surface area contributed by atoms with Gasteiger partial charge in [0.05, 0.1) is 5.02 Å². The highest BCUT2D eigenvalue weighted by Gasteiger charge is 2.44. The number of benzene rings is 1. The predicted octanol–water partition coefficient (Wildman–Crippen LogP) is 7.51. The SMILES string of the molecule is CC(C)[Si](OCCC1=Nc2nccc(C(=O)Cc3ccc(F)c(Cl)c3)c2C1)(C(C)C)C(C)C. The summed E-state index contributed by atoms with van der Waals surface area (Å²) >= 11 is 5.87. The van der Waals surface area contributed by atoms with Crippen LogP contribution in [0.25, 0.3) is 0 Å². The lowest BCUT2D eigenvalue weighted by molar-refractivity contribution is 0.0992. The summed E-state index contributed by atoms with van der Waals surface area (Å²) in [4.78, 5) is 22.1. The molecule has 0 radical (unpaired) electrons. The molecule has 178 valence electrons. The van der Waals surface area contributed by atoms with Crippen molar-refractivity contribution in [1.82, 2.24) is 4.98 Å². The van der Waals surface area contributed by atoms with Crippen molar-refractivity contribution in [2.75, 3.05) is 6.61 Å². The maximum absolute atomic E-state index is 13.4. The van der Waals surface area contributed by atoms with E-state index in [2.05, 4.69) is 46.5 Å². The number of aromatic nitrogens is 1. The van der Waals surface area contributed by atoms with Crippen LogP contribution in [0.5, 0.6) is 0 Å². The predicted molar refractivity (Wildman–Crippen MR) is 136 cm³/mol. The number of carbonyl (C=O) groups excluding carboxylic acids is 1. The smallest absolute Gasteiger partial charge is 0.200 e. The minimum Gasteiger partial charge on any atom is -0.416 e. The molecule has 0 N–H and O–H groups in total. The summed E-state index contributed by atoms with van der Waals surface area (Å²) in [5, 5.41) is 0.0229. The van der Waals surface area contributed by atoms with Gasteiger partial charge >= 0.3 is 0 Å². The number of nitrogens with zero attached hydrogens (tertiary/aromatic N) is 2. The largest absolute Gasteiger partial charge is 0.416 e. The Labute approximate surface area is 202 Å². The number of hydrogen-bond donors (Lipinski definition) is 0. The van der Waals surface area contributed by atoms with Gasteiger partial charge in [0.1, 0.15) is 5.82 Å². The van der Waals surface area contributed by atoms with Crippen molar-refractivity contribution in [2.24, 2.45) is 4.99 Å². The fourth-order valence-electron chi connectivity index (χ4n) is 5.33. The molecule has 0 fully saturated rings. The second-order valence-electron chi connectivity index (χ2n) is 9.78. The maximum Gasteiger partial charge on any atom is 0.200 e. The first-order valence-corrected chi connectivity index (χ1v) is 14.2. The standard InChI is InChI=1S/C26H34ClFN2O2Si/c1-16(2)33(17(3)4,18(5)6)32-12-10-20-15-22-21(9-11-29-26(22)30-20)25(31)14-19-7-8-24(28)23(27)13-19/h7-9,11,13,16-18H,10,12,14-15H2,1-6H3. The van der Waals surface area contributed by atoms with E-state index in [1.165, 1.54) is 12.1 Å². The Bertz CT molecular complexity index is 1030. The van der Waals surface area contributed by atoms with E-state index in [1.54, 1.807) is 18.3 Å². The molecule has 4 nitrogen and oxygen atoms in total. The molecule has 1 aromatic carbocycles. The van der Waals surface area contributed by atoms with Crippen LogP contribution in [-0.4, -0.2) is 31.4 Å². The van der Waals surface area contributed by atoms with Crippen LogP contribution in [0, 0.1) is 5.82 Å². The first-order chi connectivity index (χ1) is 15.6. The molecule has 1 aromatic heterocycles. The van der Waals surface area contributed by atoms with Gasteiger partial charge in [0.2, 0.25) is 0 Å². The number of ketones is 1. The Kier molecular flexibility index (Phi) is 8.25. The number of Topliss-reactive ketones (excluding diaryl/α,β-unsaturated/α-hetero) is 1. The third-order valence-electron chi connectivity index (χ3n) is 6.78. The Balaban J connectivity index is 1.68. The average molecular weight is 489 g/mol. The zero-order chi connectivity index (χ0) is 24.3. The van der Waals surface area contributed by atoms with Gasteiger partial charge in [-0.2, -0.15) is 0 Å². The molecule has 2 heterocycles. The minimum absolute atomic E-state index is 0.0229. The summed E-state index contributed by atoms with van der Waals surface area (Å²) < 4.78 is 20.1. The van der Waals surface area contributed by atoms with E-state index in [1.807, 2.05) is 0 Å². The molecule has 0 unspecified atom stereocenters. The van der Waals surface area contributed by atoms with Gasteiger partial charge in [0, 0.05) is 48.9 Å². The highest BCUT2D eigenvalue weighted by atomic mass is 35.5. The number of pyridine rings is 1. The number of fused-ring (bicyclic) bond motifs is 1. The van der Waals surface area contributed by atoms with Crippen molar-refractivity contribution in [3.8, 4) is 0 Å². The van der Waals surface area contributed by atoms with Crippen LogP contribution in [0.1, 0.15) is 69.4 Å². The molecule has 0 aliphatic carbocycles. The Morgan fingerprint density at radius 2 is 1.79 bits per heavy atom. The summed E-state index contributed by atoms with van der Waals surface area (Å²) in [6.45, 7) is 14.3. The Morgan fingerprint density at radius 1 is 1.12 bits per heavy atom. The molecule has 33 heavy (non-hydrogen) atoms. The van der Waals surface area contributed by atoms with Gasteiger partial charge < -0.3 is 4.43 Å². The summed E-state index contributed by atoms with van der Waals surface area (Å²) in [6, 6.07) is 6.13. The number of halogens is 2. The van der Waals surface area contributed by atoms with Crippen molar-refractivity contribution in [2.45, 2.75) is 77.4 Å². The summed E-state index contributed by atoms with van der Waals surface area (Å²) in [5.41, 5.74) is 4.77. The normalized spacial score (nSPS) is 13.7. The van der Waals surface area contributed by atoms with Crippen LogP contribution >= 0.6 is 11.6 Å². The van der Waals surface area contributed by atoms with Gasteiger partial charge in [-0.15, -0.1) is 0 Å². The van der Waals surface area contributed by atoms with Gasteiger partial charge in [0.15, 0.2) is 19.9 Å². The lowest BCUT2D eigenvalue weighted by Gasteiger charge is -2.42.